The molecule has 2 rings (SSSR count). The molecule has 0 fully saturated rings. The van der Waals surface area contributed by atoms with E-state index in [4.69, 9.17) is 11.6 Å². The molecule has 0 aliphatic heterocycles. The first-order valence-electron chi connectivity index (χ1n) is 6.37. The van der Waals surface area contributed by atoms with Crippen LogP contribution < -0.4 is 5.32 Å². The van der Waals surface area contributed by atoms with Crippen LogP contribution in [0.15, 0.2) is 35.6 Å². The van der Waals surface area contributed by atoms with Crippen molar-refractivity contribution in [1.82, 2.24) is 14.9 Å². The maximum Gasteiger partial charge on any atom is 0.230 e. The van der Waals surface area contributed by atoms with Gasteiger partial charge in [0.2, 0.25) is 5.91 Å². The number of hydrogen-bond donors (Lipinski definition) is 2. The van der Waals surface area contributed by atoms with Crippen molar-refractivity contribution >= 4 is 29.3 Å². The van der Waals surface area contributed by atoms with Crippen LogP contribution in [0.5, 0.6) is 0 Å². The number of amides is 1. The number of rotatable bonds is 6. The van der Waals surface area contributed by atoms with Crippen LogP contribution in [-0.2, 0) is 17.9 Å². The molecule has 0 spiro atoms. The van der Waals surface area contributed by atoms with Crippen molar-refractivity contribution < 1.29 is 9.90 Å². The Morgan fingerprint density at radius 1 is 1.43 bits per heavy atom. The zero-order chi connectivity index (χ0) is 15.2. The molecule has 0 aliphatic rings. The highest BCUT2D eigenvalue weighted by atomic mass is 35.5. The Bertz CT molecular complexity index is 613. The molecule has 7 heteroatoms. The van der Waals surface area contributed by atoms with Gasteiger partial charge in [0.1, 0.15) is 0 Å². The molecule has 0 atom stereocenters. The van der Waals surface area contributed by atoms with Crippen molar-refractivity contribution in [3.63, 3.8) is 0 Å². The molecule has 0 saturated carbocycles. The Labute approximate surface area is 132 Å². The minimum atomic E-state index is -0.124. The van der Waals surface area contributed by atoms with E-state index in [-0.39, 0.29) is 12.5 Å². The fraction of sp³-hybridized carbons (Fsp3) is 0.286. The normalized spacial score (nSPS) is 10.6. The topological polar surface area (TPSA) is 67.2 Å². The van der Waals surface area contributed by atoms with E-state index < -0.39 is 0 Å². The molecule has 2 aromatic rings. The van der Waals surface area contributed by atoms with Gasteiger partial charge in [-0.3, -0.25) is 4.79 Å². The molecular formula is C14H16ClN3O2S. The van der Waals surface area contributed by atoms with Gasteiger partial charge in [0, 0.05) is 24.8 Å². The molecule has 21 heavy (non-hydrogen) atoms. The van der Waals surface area contributed by atoms with Gasteiger partial charge in [0.25, 0.3) is 0 Å². The largest absolute Gasteiger partial charge is 0.390 e. The number of carbonyl (C=O) groups excluding carboxylic acids is 1. The number of nitrogens with one attached hydrogen (secondary N) is 1. The van der Waals surface area contributed by atoms with Crippen LogP contribution in [0, 0.1) is 0 Å². The lowest BCUT2D eigenvalue weighted by Gasteiger charge is -2.07. The van der Waals surface area contributed by atoms with Crippen LogP contribution in [-0.4, -0.2) is 33.4 Å². The first kappa shape index (κ1) is 15.9. The molecule has 1 amide bonds. The van der Waals surface area contributed by atoms with E-state index in [0.29, 0.717) is 28.2 Å². The average Bonchev–Trinajstić information content (AvgIpc) is 2.89. The van der Waals surface area contributed by atoms with Crippen molar-refractivity contribution in [2.24, 2.45) is 0 Å². The molecule has 1 heterocycles. The number of aliphatic hydroxyl groups is 1. The minimum Gasteiger partial charge on any atom is -0.390 e. The SMILES string of the molecule is CNC(=O)CSc1nc(CO)cn1Cc1ccc(Cl)cc1. The summed E-state index contributed by atoms with van der Waals surface area (Å²) >= 11 is 7.21. The number of aromatic nitrogens is 2. The fourth-order valence-corrected chi connectivity index (χ4v) is 2.74. The van der Waals surface area contributed by atoms with Crippen LogP contribution >= 0.6 is 23.4 Å². The van der Waals surface area contributed by atoms with E-state index in [2.05, 4.69) is 10.3 Å². The highest BCUT2D eigenvalue weighted by Gasteiger charge is 2.10. The highest BCUT2D eigenvalue weighted by Crippen LogP contribution is 2.20. The zero-order valence-corrected chi connectivity index (χ0v) is 13.1. The van der Waals surface area contributed by atoms with E-state index in [9.17, 15) is 9.90 Å². The molecule has 1 aromatic carbocycles. The lowest BCUT2D eigenvalue weighted by atomic mass is 10.2. The molecule has 0 unspecified atom stereocenters. The molecule has 1 aromatic heterocycles. The predicted molar refractivity (Wildman–Crippen MR) is 83.5 cm³/mol. The van der Waals surface area contributed by atoms with Gasteiger partial charge in [-0.25, -0.2) is 4.98 Å². The second-order valence-corrected chi connectivity index (χ2v) is 5.77. The van der Waals surface area contributed by atoms with Gasteiger partial charge in [0.15, 0.2) is 5.16 Å². The third kappa shape index (κ3) is 4.49. The quantitative estimate of drug-likeness (QED) is 0.796. The standard InChI is InChI=1S/C14H16ClN3O2S/c1-16-13(20)9-21-14-17-12(8-19)7-18(14)6-10-2-4-11(15)5-3-10/h2-5,7,19H,6,8-9H2,1H3,(H,16,20). The van der Waals surface area contributed by atoms with Crippen molar-refractivity contribution in [3.05, 3.63) is 46.7 Å². The number of imidazole rings is 1. The van der Waals surface area contributed by atoms with Crippen LogP contribution in [0.1, 0.15) is 11.3 Å². The number of aliphatic hydroxyl groups excluding tert-OH is 1. The molecule has 0 saturated heterocycles. The summed E-state index contributed by atoms with van der Waals surface area (Å²) in [5, 5.41) is 13.2. The van der Waals surface area contributed by atoms with Gasteiger partial charge in [0.05, 0.1) is 18.1 Å². The summed E-state index contributed by atoms with van der Waals surface area (Å²) < 4.78 is 1.92. The Morgan fingerprint density at radius 3 is 2.76 bits per heavy atom. The first-order valence-corrected chi connectivity index (χ1v) is 7.73. The first-order chi connectivity index (χ1) is 10.1. The Hall–Kier alpha value is -1.50. The van der Waals surface area contributed by atoms with Crippen molar-refractivity contribution in [1.29, 1.82) is 0 Å². The van der Waals surface area contributed by atoms with Crippen LogP contribution in [0.3, 0.4) is 0 Å². The van der Waals surface area contributed by atoms with Gasteiger partial charge >= 0.3 is 0 Å². The Balaban J connectivity index is 2.14. The number of carbonyl (C=O) groups is 1. The predicted octanol–water partition coefficient (Wildman–Crippen LogP) is 1.92. The van der Waals surface area contributed by atoms with Crippen molar-refractivity contribution in [3.8, 4) is 0 Å². The summed E-state index contributed by atoms with van der Waals surface area (Å²) in [6, 6.07) is 7.54. The molecule has 5 nitrogen and oxygen atoms in total. The molecule has 0 radical (unpaired) electrons. The van der Waals surface area contributed by atoms with E-state index in [0.717, 1.165) is 5.56 Å². The summed E-state index contributed by atoms with van der Waals surface area (Å²) in [4.78, 5) is 15.7. The second-order valence-electron chi connectivity index (χ2n) is 4.39. The third-order valence-corrected chi connectivity index (χ3v) is 4.07. The van der Waals surface area contributed by atoms with Gasteiger partial charge < -0.3 is 15.0 Å². The third-order valence-electron chi connectivity index (χ3n) is 2.83. The van der Waals surface area contributed by atoms with Crippen LogP contribution in [0.4, 0.5) is 0 Å². The smallest absolute Gasteiger partial charge is 0.230 e. The van der Waals surface area contributed by atoms with Crippen molar-refractivity contribution in [2.45, 2.75) is 18.3 Å². The summed E-state index contributed by atoms with van der Waals surface area (Å²) in [5.74, 6) is 0.227. The van der Waals surface area contributed by atoms with Gasteiger partial charge in [-0.05, 0) is 17.7 Å². The number of hydrogen-bond acceptors (Lipinski definition) is 4. The van der Waals surface area contributed by atoms with Crippen molar-refractivity contribution in [2.75, 3.05) is 12.8 Å². The lowest BCUT2D eigenvalue weighted by Crippen LogP contribution is -2.20. The lowest BCUT2D eigenvalue weighted by molar-refractivity contribution is -0.118. The highest BCUT2D eigenvalue weighted by molar-refractivity contribution is 7.99. The van der Waals surface area contributed by atoms with E-state index in [1.54, 1.807) is 13.2 Å². The van der Waals surface area contributed by atoms with Gasteiger partial charge in [-0.15, -0.1) is 0 Å². The van der Waals surface area contributed by atoms with Gasteiger partial charge in [-0.1, -0.05) is 35.5 Å². The molecule has 2 N–H and O–H groups in total. The Morgan fingerprint density at radius 2 is 2.14 bits per heavy atom. The zero-order valence-electron chi connectivity index (χ0n) is 11.5. The Kier molecular flexibility index (Phi) is 5.67. The summed E-state index contributed by atoms with van der Waals surface area (Å²) in [6.07, 6.45) is 1.79. The summed E-state index contributed by atoms with van der Waals surface area (Å²) in [5.41, 5.74) is 1.66. The molecule has 112 valence electrons. The summed E-state index contributed by atoms with van der Waals surface area (Å²) in [6.45, 7) is 0.487. The van der Waals surface area contributed by atoms with Gasteiger partial charge in [-0.2, -0.15) is 0 Å². The number of halogens is 1. The number of thioether (sulfide) groups is 1. The average molecular weight is 326 g/mol. The second kappa shape index (κ2) is 7.49. The monoisotopic (exact) mass is 325 g/mol. The number of benzene rings is 1. The fourth-order valence-electron chi connectivity index (χ4n) is 1.74. The van der Waals surface area contributed by atoms with E-state index in [1.165, 1.54) is 11.8 Å². The molecule has 0 aliphatic carbocycles. The maximum atomic E-state index is 11.3. The maximum absolute atomic E-state index is 11.3. The van der Waals surface area contributed by atoms with E-state index >= 15 is 0 Å². The van der Waals surface area contributed by atoms with Crippen LogP contribution in [0.25, 0.3) is 0 Å². The molecule has 0 bridgehead atoms. The summed E-state index contributed by atoms with van der Waals surface area (Å²) in [7, 11) is 1.60. The molecular weight excluding hydrogens is 310 g/mol. The minimum absolute atomic E-state index is 0.0633. The number of nitrogens with zero attached hydrogens (tertiary/aromatic N) is 2. The van der Waals surface area contributed by atoms with Crippen LogP contribution in [0.2, 0.25) is 5.02 Å². The van der Waals surface area contributed by atoms with E-state index in [1.807, 2.05) is 28.8 Å².